The van der Waals surface area contributed by atoms with E-state index in [0.717, 1.165) is 30.3 Å². The van der Waals surface area contributed by atoms with Crippen LogP contribution in [0.2, 0.25) is 10.0 Å². The number of anilines is 3. The van der Waals surface area contributed by atoms with E-state index in [4.69, 9.17) is 23.2 Å². The van der Waals surface area contributed by atoms with Crippen molar-refractivity contribution in [2.24, 2.45) is 0 Å². The van der Waals surface area contributed by atoms with Crippen LogP contribution < -0.4 is 10.6 Å². The van der Waals surface area contributed by atoms with Gasteiger partial charge in [0, 0.05) is 24.1 Å². The van der Waals surface area contributed by atoms with Gasteiger partial charge in [-0.05, 0) is 25.1 Å². The quantitative estimate of drug-likeness (QED) is 0.852. The Labute approximate surface area is 128 Å². The standard InChI is InChI=1S/C14H16Cl2N4/c1-3-12-19-13(17-4-2)8-14(20-12)18-11-7-9(15)5-6-10(11)16/h5-8H,3-4H2,1-2H3,(H2,17,18,19,20). The van der Waals surface area contributed by atoms with Crippen LogP contribution >= 0.6 is 23.2 Å². The van der Waals surface area contributed by atoms with Crippen LogP contribution in [0.15, 0.2) is 24.3 Å². The van der Waals surface area contributed by atoms with Gasteiger partial charge in [0.05, 0.1) is 10.7 Å². The van der Waals surface area contributed by atoms with E-state index in [1.54, 1.807) is 18.2 Å². The van der Waals surface area contributed by atoms with Crippen molar-refractivity contribution in [1.82, 2.24) is 9.97 Å². The first-order chi connectivity index (χ1) is 9.62. The zero-order valence-electron chi connectivity index (χ0n) is 11.4. The summed E-state index contributed by atoms with van der Waals surface area (Å²) in [6, 6.07) is 7.11. The maximum Gasteiger partial charge on any atom is 0.136 e. The van der Waals surface area contributed by atoms with E-state index in [1.165, 1.54) is 0 Å². The number of aromatic nitrogens is 2. The topological polar surface area (TPSA) is 49.8 Å². The third-order valence-corrected chi connectivity index (χ3v) is 3.20. The average molecular weight is 311 g/mol. The summed E-state index contributed by atoms with van der Waals surface area (Å²) in [5.41, 5.74) is 0.724. The summed E-state index contributed by atoms with van der Waals surface area (Å²) in [5, 5.41) is 7.58. The van der Waals surface area contributed by atoms with Crippen molar-refractivity contribution in [2.45, 2.75) is 20.3 Å². The lowest BCUT2D eigenvalue weighted by atomic mass is 10.3. The van der Waals surface area contributed by atoms with E-state index < -0.39 is 0 Å². The van der Waals surface area contributed by atoms with Crippen molar-refractivity contribution in [3.63, 3.8) is 0 Å². The van der Waals surface area contributed by atoms with E-state index >= 15 is 0 Å². The second-order valence-electron chi connectivity index (χ2n) is 4.19. The molecule has 0 amide bonds. The Kier molecular flexibility index (Phi) is 5.04. The molecule has 0 aliphatic carbocycles. The highest BCUT2D eigenvalue weighted by molar-refractivity contribution is 6.35. The first kappa shape index (κ1) is 14.9. The molecule has 2 N–H and O–H groups in total. The van der Waals surface area contributed by atoms with Crippen LogP contribution in [0, 0.1) is 0 Å². The SMILES string of the molecule is CCNc1cc(Nc2cc(Cl)ccc2Cl)nc(CC)n1. The third-order valence-electron chi connectivity index (χ3n) is 2.64. The van der Waals surface area contributed by atoms with Gasteiger partial charge in [0.15, 0.2) is 0 Å². The molecular weight excluding hydrogens is 295 g/mol. The van der Waals surface area contributed by atoms with Crippen molar-refractivity contribution in [1.29, 1.82) is 0 Å². The molecule has 0 unspecified atom stereocenters. The highest BCUT2D eigenvalue weighted by Crippen LogP contribution is 2.28. The molecule has 0 saturated carbocycles. The molecule has 0 fully saturated rings. The summed E-state index contributed by atoms with van der Waals surface area (Å²) in [5.74, 6) is 2.25. The summed E-state index contributed by atoms with van der Waals surface area (Å²) in [6.45, 7) is 4.84. The molecule has 0 radical (unpaired) electrons. The molecule has 2 rings (SSSR count). The molecule has 0 saturated heterocycles. The normalized spacial score (nSPS) is 10.4. The molecule has 20 heavy (non-hydrogen) atoms. The van der Waals surface area contributed by atoms with Gasteiger partial charge in [-0.3, -0.25) is 0 Å². The Morgan fingerprint density at radius 1 is 1.05 bits per heavy atom. The number of nitrogens with one attached hydrogen (secondary N) is 2. The van der Waals surface area contributed by atoms with Crippen LogP contribution in [0.1, 0.15) is 19.7 Å². The van der Waals surface area contributed by atoms with Crippen LogP contribution in [0.25, 0.3) is 0 Å². The number of benzene rings is 1. The molecule has 4 nitrogen and oxygen atoms in total. The number of halogens is 2. The Bertz CT molecular complexity index is 602. The van der Waals surface area contributed by atoms with Gasteiger partial charge >= 0.3 is 0 Å². The second kappa shape index (κ2) is 6.77. The van der Waals surface area contributed by atoms with E-state index in [9.17, 15) is 0 Å². The van der Waals surface area contributed by atoms with Crippen LogP contribution in [0.4, 0.5) is 17.3 Å². The number of hydrogen-bond donors (Lipinski definition) is 2. The van der Waals surface area contributed by atoms with E-state index in [1.807, 2.05) is 19.9 Å². The average Bonchev–Trinajstić information content (AvgIpc) is 2.43. The molecule has 0 aliphatic rings. The van der Waals surface area contributed by atoms with Crippen LogP contribution in [-0.2, 0) is 6.42 Å². The molecule has 0 atom stereocenters. The molecule has 0 bridgehead atoms. The minimum absolute atomic E-state index is 0.594. The minimum Gasteiger partial charge on any atom is -0.370 e. The van der Waals surface area contributed by atoms with Crippen molar-refractivity contribution >= 4 is 40.5 Å². The first-order valence-electron chi connectivity index (χ1n) is 6.46. The van der Waals surface area contributed by atoms with Crippen LogP contribution in [-0.4, -0.2) is 16.5 Å². The van der Waals surface area contributed by atoms with E-state index in [0.29, 0.717) is 15.9 Å². The second-order valence-corrected chi connectivity index (χ2v) is 5.03. The van der Waals surface area contributed by atoms with Gasteiger partial charge in [-0.25, -0.2) is 9.97 Å². The lowest BCUT2D eigenvalue weighted by Gasteiger charge is -2.11. The number of aryl methyl sites for hydroxylation is 1. The molecule has 1 heterocycles. The molecule has 2 aromatic rings. The molecule has 1 aromatic heterocycles. The monoisotopic (exact) mass is 310 g/mol. The fraction of sp³-hybridized carbons (Fsp3) is 0.286. The Hall–Kier alpha value is -1.52. The van der Waals surface area contributed by atoms with Crippen molar-refractivity contribution in [3.8, 4) is 0 Å². The van der Waals surface area contributed by atoms with Crippen molar-refractivity contribution < 1.29 is 0 Å². The van der Waals surface area contributed by atoms with Crippen molar-refractivity contribution in [2.75, 3.05) is 17.2 Å². The maximum absolute atomic E-state index is 6.14. The molecule has 0 spiro atoms. The molecule has 0 aliphatic heterocycles. The van der Waals surface area contributed by atoms with Crippen molar-refractivity contribution in [3.05, 3.63) is 40.1 Å². The zero-order valence-corrected chi connectivity index (χ0v) is 12.9. The lowest BCUT2D eigenvalue weighted by Crippen LogP contribution is -2.05. The van der Waals surface area contributed by atoms with Gasteiger partial charge in [-0.15, -0.1) is 0 Å². The Balaban J connectivity index is 2.32. The molecule has 6 heteroatoms. The van der Waals surface area contributed by atoms with Gasteiger partial charge in [0.2, 0.25) is 0 Å². The maximum atomic E-state index is 6.14. The summed E-state index contributed by atoms with van der Waals surface area (Å²) in [4.78, 5) is 8.84. The zero-order chi connectivity index (χ0) is 14.5. The fourth-order valence-corrected chi connectivity index (χ4v) is 2.06. The molecular formula is C14H16Cl2N4. The number of hydrogen-bond acceptors (Lipinski definition) is 4. The highest BCUT2D eigenvalue weighted by atomic mass is 35.5. The predicted octanol–water partition coefficient (Wildman–Crippen LogP) is 4.52. The molecule has 1 aromatic carbocycles. The molecule has 106 valence electrons. The summed E-state index contributed by atoms with van der Waals surface area (Å²) < 4.78 is 0. The Morgan fingerprint density at radius 3 is 2.50 bits per heavy atom. The van der Waals surface area contributed by atoms with Gasteiger partial charge in [0.1, 0.15) is 17.5 Å². The van der Waals surface area contributed by atoms with Crippen LogP contribution in [0.5, 0.6) is 0 Å². The van der Waals surface area contributed by atoms with E-state index in [-0.39, 0.29) is 0 Å². The van der Waals surface area contributed by atoms with Crippen LogP contribution in [0.3, 0.4) is 0 Å². The number of rotatable bonds is 5. The first-order valence-corrected chi connectivity index (χ1v) is 7.22. The highest BCUT2D eigenvalue weighted by Gasteiger charge is 2.06. The summed E-state index contributed by atoms with van der Waals surface area (Å²) >= 11 is 12.1. The third kappa shape index (κ3) is 3.74. The van der Waals surface area contributed by atoms with Gasteiger partial charge < -0.3 is 10.6 Å². The fourth-order valence-electron chi connectivity index (χ4n) is 1.72. The van der Waals surface area contributed by atoms with E-state index in [2.05, 4.69) is 20.6 Å². The summed E-state index contributed by atoms with van der Waals surface area (Å²) in [6.07, 6.45) is 0.761. The smallest absolute Gasteiger partial charge is 0.136 e. The minimum atomic E-state index is 0.594. The Morgan fingerprint density at radius 2 is 1.80 bits per heavy atom. The predicted molar refractivity (Wildman–Crippen MR) is 85.3 cm³/mol. The van der Waals surface area contributed by atoms with Gasteiger partial charge in [-0.1, -0.05) is 30.1 Å². The largest absolute Gasteiger partial charge is 0.370 e. The summed E-state index contributed by atoms with van der Waals surface area (Å²) in [7, 11) is 0. The van der Waals surface area contributed by atoms with Gasteiger partial charge in [0.25, 0.3) is 0 Å². The van der Waals surface area contributed by atoms with Gasteiger partial charge in [-0.2, -0.15) is 0 Å². The lowest BCUT2D eigenvalue weighted by molar-refractivity contribution is 0.939. The number of nitrogens with zero attached hydrogens (tertiary/aromatic N) is 2.